The van der Waals surface area contributed by atoms with Crippen LogP contribution in [0.3, 0.4) is 0 Å². The Bertz CT molecular complexity index is 911. The molecule has 11 heteroatoms. The molecule has 0 radical (unpaired) electrons. The Kier molecular flexibility index (Phi) is 5.43. The molecule has 0 unspecified atom stereocenters. The number of carbonyl (C=O) groups excluding carboxylic acids is 1. The molecule has 2 aromatic carbocycles. The number of aromatic carboxylic acids is 1. The van der Waals surface area contributed by atoms with Crippen molar-refractivity contribution in [2.75, 3.05) is 17.7 Å². The van der Waals surface area contributed by atoms with Crippen molar-refractivity contribution in [3.63, 3.8) is 0 Å². The topological polar surface area (TPSA) is 172 Å². The Morgan fingerprint density at radius 2 is 1.81 bits per heavy atom. The zero-order chi connectivity index (χ0) is 19.3. The normalized spacial score (nSPS) is 10.5. The summed E-state index contributed by atoms with van der Waals surface area (Å²) in [7, 11) is 1.68. The zero-order valence-electron chi connectivity index (χ0n) is 13.5. The largest absolute Gasteiger partial charge is 0.478 e. The molecule has 0 saturated carbocycles. The lowest BCUT2D eigenvalue weighted by molar-refractivity contribution is -0.384. The van der Waals surface area contributed by atoms with E-state index in [0.717, 1.165) is 6.07 Å². The van der Waals surface area contributed by atoms with Crippen molar-refractivity contribution in [3.05, 3.63) is 52.1 Å². The van der Waals surface area contributed by atoms with Gasteiger partial charge < -0.3 is 21.5 Å². The molecule has 5 N–H and O–H groups in total. The van der Waals surface area contributed by atoms with Gasteiger partial charge in [-0.15, -0.1) is 10.2 Å². The van der Waals surface area contributed by atoms with Gasteiger partial charge in [0.1, 0.15) is 5.69 Å². The third kappa shape index (κ3) is 4.29. The van der Waals surface area contributed by atoms with E-state index in [-0.39, 0.29) is 22.6 Å². The van der Waals surface area contributed by atoms with Gasteiger partial charge >= 0.3 is 12.0 Å². The quantitative estimate of drug-likeness (QED) is 0.350. The predicted octanol–water partition coefficient (Wildman–Crippen LogP) is 3.24. The molecule has 134 valence electrons. The number of nitro groups is 1. The number of urea groups is 1. The SMILES string of the molecule is CNc1ccc(N=Nc2ccc(C(=O)O)cc2[N+](=O)[O-])c(NC(N)=O)c1. The molecule has 0 spiro atoms. The minimum absolute atomic E-state index is 0.136. The lowest BCUT2D eigenvalue weighted by Crippen LogP contribution is -2.19. The first kappa shape index (κ1) is 18.3. The van der Waals surface area contributed by atoms with Gasteiger partial charge in [0, 0.05) is 18.8 Å². The molecule has 0 fully saturated rings. The molecular formula is C15H14N6O5. The Balaban J connectivity index is 2.45. The maximum absolute atomic E-state index is 11.1. The van der Waals surface area contributed by atoms with Crippen LogP contribution in [0.2, 0.25) is 0 Å². The van der Waals surface area contributed by atoms with Crippen LogP contribution in [0.25, 0.3) is 0 Å². The summed E-state index contributed by atoms with van der Waals surface area (Å²) in [5, 5.41) is 33.0. The van der Waals surface area contributed by atoms with Crippen molar-refractivity contribution >= 4 is 40.4 Å². The Morgan fingerprint density at radius 1 is 1.15 bits per heavy atom. The molecule has 0 aliphatic carbocycles. The van der Waals surface area contributed by atoms with Gasteiger partial charge in [-0.25, -0.2) is 9.59 Å². The highest BCUT2D eigenvalue weighted by Crippen LogP contribution is 2.33. The number of amides is 2. The summed E-state index contributed by atoms with van der Waals surface area (Å²) in [4.78, 5) is 32.4. The van der Waals surface area contributed by atoms with Gasteiger partial charge in [0.05, 0.1) is 16.2 Å². The van der Waals surface area contributed by atoms with E-state index in [1.807, 2.05) is 0 Å². The number of carboxylic acid groups (broad SMARTS) is 1. The lowest BCUT2D eigenvalue weighted by atomic mass is 10.2. The first-order valence-corrected chi connectivity index (χ1v) is 7.13. The van der Waals surface area contributed by atoms with Crippen LogP contribution in [0.4, 0.5) is 33.2 Å². The summed E-state index contributed by atoms with van der Waals surface area (Å²) in [6.07, 6.45) is 0. The molecule has 0 aromatic heterocycles. The van der Waals surface area contributed by atoms with Crippen molar-refractivity contribution in [2.45, 2.75) is 0 Å². The van der Waals surface area contributed by atoms with Gasteiger partial charge in [-0.3, -0.25) is 10.1 Å². The van der Waals surface area contributed by atoms with Gasteiger partial charge in [-0.1, -0.05) is 0 Å². The van der Waals surface area contributed by atoms with Gasteiger partial charge in [-0.2, -0.15) is 0 Å². The molecule has 2 rings (SSSR count). The van der Waals surface area contributed by atoms with E-state index in [4.69, 9.17) is 10.8 Å². The minimum Gasteiger partial charge on any atom is -0.478 e. The average molecular weight is 358 g/mol. The van der Waals surface area contributed by atoms with Crippen LogP contribution in [0.1, 0.15) is 10.4 Å². The van der Waals surface area contributed by atoms with Crippen LogP contribution in [0, 0.1) is 10.1 Å². The summed E-state index contributed by atoms with van der Waals surface area (Å²) >= 11 is 0. The van der Waals surface area contributed by atoms with E-state index in [1.165, 1.54) is 18.2 Å². The Morgan fingerprint density at radius 3 is 2.38 bits per heavy atom. The van der Waals surface area contributed by atoms with Crippen LogP contribution in [0.5, 0.6) is 0 Å². The number of nitrogens with two attached hydrogens (primary N) is 1. The number of carbonyl (C=O) groups is 2. The standard InChI is InChI=1S/C15H14N6O5/c1-17-9-3-5-10(12(7-9)18-15(16)24)19-20-11-4-2-8(14(22)23)6-13(11)21(25)26/h2-7,17H,1H3,(H,22,23)(H3,16,18,24). The number of hydrogen-bond donors (Lipinski definition) is 4. The van der Waals surface area contributed by atoms with Gasteiger partial charge in [-0.05, 0) is 30.3 Å². The van der Waals surface area contributed by atoms with E-state index < -0.39 is 22.6 Å². The molecule has 0 bridgehead atoms. The van der Waals surface area contributed by atoms with E-state index in [1.54, 1.807) is 19.2 Å². The van der Waals surface area contributed by atoms with E-state index in [9.17, 15) is 19.7 Å². The number of nitrogens with one attached hydrogen (secondary N) is 2. The first-order chi connectivity index (χ1) is 12.3. The zero-order valence-corrected chi connectivity index (χ0v) is 13.5. The summed E-state index contributed by atoms with van der Waals surface area (Å²) in [6.45, 7) is 0. The fourth-order valence-corrected chi connectivity index (χ4v) is 2.01. The number of nitrogens with zero attached hydrogens (tertiary/aromatic N) is 3. The van der Waals surface area contributed by atoms with Crippen molar-refractivity contribution in [1.29, 1.82) is 0 Å². The smallest absolute Gasteiger partial charge is 0.335 e. The monoisotopic (exact) mass is 358 g/mol. The second kappa shape index (κ2) is 7.70. The third-order valence-electron chi connectivity index (χ3n) is 3.23. The minimum atomic E-state index is -1.30. The molecule has 11 nitrogen and oxygen atoms in total. The van der Waals surface area contributed by atoms with Gasteiger partial charge in [0.2, 0.25) is 0 Å². The second-order valence-corrected chi connectivity index (χ2v) is 4.94. The molecule has 2 aromatic rings. The van der Waals surface area contributed by atoms with Crippen LogP contribution >= 0.6 is 0 Å². The molecule has 0 heterocycles. The first-order valence-electron chi connectivity index (χ1n) is 7.13. The maximum Gasteiger partial charge on any atom is 0.335 e. The number of hydrogen-bond acceptors (Lipinski definition) is 7. The van der Waals surface area contributed by atoms with Crippen molar-refractivity contribution < 1.29 is 19.6 Å². The van der Waals surface area contributed by atoms with Crippen LogP contribution in [-0.2, 0) is 0 Å². The van der Waals surface area contributed by atoms with Crippen molar-refractivity contribution in [1.82, 2.24) is 0 Å². The second-order valence-electron chi connectivity index (χ2n) is 4.94. The molecule has 2 amide bonds. The number of primary amides is 1. The summed E-state index contributed by atoms with van der Waals surface area (Å²) in [6, 6.07) is 7.17. The number of nitro benzene ring substituents is 1. The molecule has 0 atom stereocenters. The third-order valence-corrected chi connectivity index (χ3v) is 3.23. The highest BCUT2D eigenvalue weighted by molar-refractivity contribution is 5.92. The average Bonchev–Trinajstić information content (AvgIpc) is 2.59. The fraction of sp³-hybridized carbons (Fsp3) is 0.0667. The van der Waals surface area contributed by atoms with Crippen LogP contribution in [-0.4, -0.2) is 29.1 Å². The summed E-state index contributed by atoms with van der Waals surface area (Å²) < 4.78 is 0. The molecule has 0 aliphatic heterocycles. The van der Waals surface area contributed by atoms with E-state index >= 15 is 0 Å². The number of anilines is 2. The highest BCUT2D eigenvalue weighted by atomic mass is 16.6. The van der Waals surface area contributed by atoms with Crippen molar-refractivity contribution in [2.24, 2.45) is 16.0 Å². The summed E-state index contributed by atoms with van der Waals surface area (Å²) in [5.41, 5.74) is 5.35. The Hall–Kier alpha value is -4.02. The van der Waals surface area contributed by atoms with Crippen LogP contribution in [0.15, 0.2) is 46.6 Å². The van der Waals surface area contributed by atoms with Crippen LogP contribution < -0.4 is 16.4 Å². The highest BCUT2D eigenvalue weighted by Gasteiger charge is 2.17. The Labute approximate surface area is 146 Å². The molecule has 0 saturated heterocycles. The summed E-state index contributed by atoms with van der Waals surface area (Å²) in [5.74, 6) is -1.30. The van der Waals surface area contributed by atoms with E-state index in [2.05, 4.69) is 20.9 Å². The number of azo groups is 1. The number of rotatable bonds is 6. The fourth-order valence-electron chi connectivity index (χ4n) is 2.01. The number of benzene rings is 2. The molecule has 26 heavy (non-hydrogen) atoms. The maximum atomic E-state index is 11.1. The van der Waals surface area contributed by atoms with Gasteiger partial charge in [0.15, 0.2) is 5.69 Å². The van der Waals surface area contributed by atoms with Gasteiger partial charge in [0.25, 0.3) is 5.69 Å². The molecular weight excluding hydrogens is 344 g/mol. The predicted molar refractivity (Wildman–Crippen MR) is 93.4 cm³/mol. The number of carboxylic acids is 1. The van der Waals surface area contributed by atoms with Crippen molar-refractivity contribution in [3.8, 4) is 0 Å². The molecule has 0 aliphatic rings. The van der Waals surface area contributed by atoms with E-state index in [0.29, 0.717) is 5.69 Å². The lowest BCUT2D eigenvalue weighted by Gasteiger charge is -2.08.